The molecule has 0 fully saturated rings. The SMILES string of the molecule is CC1(C)CN(C=O)c2cc(Cc3ccccc3)ncc21. The highest BCUT2D eigenvalue weighted by atomic mass is 16.1. The molecule has 1 aliphatic heterocycles. The van der Waals surface area contributed by atoms with E-state index in [0.29, 0.717) is 0 Å². The topological polar surface area (TPSA) is 33.2 Å². The number of aromatic nitrogens is 1. The molecule has 102 valence electrons. The molecule has 2 heterocycles. The summed E-state index contributed by atoms with van der Waals surface area (Å²) in [4.78, 5) is 17.6. The second-order valence-electron chi connectivity index (χ2n) is 5.97. The van der Waals surface area contributed by atoms with E-state index in [-0.39, 0.29) is 5.41 Å². The average molecular weight is 266 g/mol. The van der Waals surface area contributed by atoms with Crippen LogP contribution < -0.4 is 4.90 Å². The number of carbonyl (C=O) groups excluding carboxylic acids is 1. The Kier molecular flexibility index (Phi) is 3.05. The van der Waals surface area contributed by atoms with Gasteiger partial charge in [0, 0.05) is 35.8 Å². The van der Waals surface area contributed by atoms with Gasteiger partial charge in [-0.1, -0.05) is 44.2 Å². The fraction of sp³-hybridized carbons (Fsp3) is 0.294. The minimum atomic E-state index is -0.0193. The first kappa shape index (κ1) is 12.9. The van der Waals surface area contributed by atoms with Gasteiger partial charge in [-0.2, -0.15) is 0 Å². The maximum Gasteiger partial charge on any atom is 0.214 e. The quantitative estimate of drug-likeness (QED) is 0.800. The van der Waals surface area contributed by atoms with Gasteiger partial charge in [-0.3, -0.25) is 9.78 Å². The van der Waals surface area contributed by atoms with E-state index in [1.807, 2.05) is 30.5 Å². The molecule has 1 aromatic heterocycles. The Hall–Kier alpha value is -2.16. The van der Waals surface area contributed by atoms with Crippen molar-refractivity contribution >= 4 is 12.1 Å². The summed E-state index contributed by atoms with van der Waals surface area (Å²) in [5.41, 5.74) is 4.37. The lowest BCUT2D eigenvalue weighted by Gasteiger charge is -2.17. The zero-order chi connectivity index (χ0) is 14.2. The van der Waals surface area contributed by atoms with Crippen LogP contribution in [0.5, 0.6) is 0 Å². The van der Waals surface area contributed by atoms with E-state index in [0.717, 1.165) is 36.3 Å². The molecule has 3 nitrogen and oxygen atoms in total. The molecule has 0 atom stereocenters. The lowest BCUT2D eigenvalue weighted by atomic mass is 9.88. The number of fused-ring (bicyclic) bond motifs is 1. The molecule has 1 aromatic carbocycles. The highest BCUT2D eigenvalue weighted by molar-refractivity contribution is 5.81. The minimum absolute atomic E-state index is 0.0193. The Balaban J connectivity index is 1.95. The van der Waals surface area contributed by atoms with Crippen molar-refractivity contribution in [1.82, 2.24) is 4.98 Å². The van der Waals surface area contributed by atoms with Gasteiger partial charge < -0.3 is 4.90 Å². The molecule has 0 N–H and O–H groups in total. The van der Waals surface area contributed by atoms with Crippen LogP contribution in [0, 0.1) is 0 Å². The Morgan fingerprint density at radius 1 is 1.30 bits per heavy atom. The average Bonchev–Trinajstić information content (AvgIpc) is 2.71. The van der Waals surface area contributed by atoms with Gasteiger partial charge in [-0.25, -0.2) is 0 Å². The van der Waals surface area contributed by atoms with E-state index >= 15 is 0 Å². The first-order chi connectivity index (χ1) is 9.60. The smallest absolute Gasteiger partial charge is 0.214 e. The van der Waals surface area contributed by atoms with E-state index in [1.54, 1.807) is 4.90 Å². The first-order valence-corrected chi connectivity index (χ1v) is 6.85. The van der Waals surface area contributed by atoms with Crippen LogP contribution in [0.25, 0.3) is 0 Å². The number of hydrogen-bond acceptors (Lipinski definition) is 2. The first-order valence-electron chi connectivity index (χ1n) is 6.85. The van der Waals surface area contributed by atoms with Crippen molar-refractivity contribution in [1.29, 1.82) is 0 Å². The Labute approximate surface area is 119 Å². The molecule has 1 aliphatic rings. The maximum absolute atomic E-state index is 11.2. The third kappa shape index (κ3) is 2.20. The normalized spacial score (nSPS) is 16.0. The third-order valence-corrected chi connectivity index (χ3v) is 3.90. The number of hydrogen-bond donors (Lipinski definition) is 0. The summed E-state index contributed by atoms with van der Waals surface area (Å²) in [6.07, 6.45) is 3.64. The van der Waals surface area contributed by atoms with Crippen molar-refractivity contribution in [3.8, 4) is 0 Å². The molecule has 0 saturated heterocycles. The lowest BCUT2D eigenvalue weighted by Crippen LogP contribution is -2.27. The number of anilines is 1. The summed E-state index contributed by atoms with van der Waals surface area (Å²) in [7, 11) is 0. The predicted octanol–water partition coefficient (Wildman–Crippen LogP) is 2.93. The number of carbonyl (C=O) groups is 1. The van der Waals surface area contributed by atoms with Crippen molar-refractivity contribution in [3.63, 3.8) is 0 Å². The standard InChI is InChI=1S/C17H18N2O/c1-17(2)11-19(12-20)16-9-14(18-10-15(16)17)8-13-6-4-3-5-7-13/h3-7,9-10,12H,8,11H2,1-2H3. The van der Waals surface area contributed by atoms with E-state index in [2.05, 4.69) is 31.0 Å². The number of pyridine rings is 1. The zero-order valence-electron chi connectivity index (χ0n) is 11.8. The molecule has 0 spiro atoms. The van der Waals surface area contributed by atoms with Crippen LogP contribution >= 0.6 is 0 Å². The van der Waals surface area contributed by atoms with E-state index < -0.39 is 0 Å². The van der Waals surface area contributed by atoms with Gasteiger partial charge in [-0.15, -0.1) is 0 Å². The summed E-state index contributed by atoms with van der Waals surface area (Å²) in [6.45, 7) is 5.02. The lowest BCUT2D eigenvalue weighted by molar-refractivity contribution is -0.107. The Morgan fingerprint density at radius 2 is 2.05 bits per heavy atom. The molecule has 3 rings (SSSR count). The number of rotatable bonds is 3. The van der Waals surface area contributed by atoms with Crippen LogP contribution in [-0.4, -0.2) is 17.9 Å². The highest BCUT2D eigenvalue weighted by Gasteiger charge is 2.35. The maximum atomic E-state index is 11.2. The van der Waals surface area contributed by atoms with Crippen LogP contribution in [0.3, 0.4) is 0 Å². The van der Waals surface area contributed by atoms with Crippen LogP contribution in [-0.2, 0) is 16.6 Å². The van der Waals surface area contributed by atoms with Gasteiger partial charge in [0.25, 0.3) is 0 Å². The third-order valence-electron chi connectivity index (χ3n) is 3.90. The predicted molar refractivity (Wildman–Crippen MR) is 79.9 cm³/mol. The molecule has 0 radical (unpaired) electrons. The van der Waals surface area contributed by atoms with Gasteiger partial charge >= 0.3 is 0 Å². The number of nitrogens with zero attached hydrogens (tertiary/aromatic N) is 2. The Morgan fingerprint density at radius 3 is 2.75 bits per heavy atom. The fourth-order valence-electron chi connectivity index (χ4n) is 2.84. The Bertz CT molecular complexity index is 635. The highest BCUT2D eigenvalue weighted by Crippen LogP contribution is 2.39. The second-order valence-corrected chi connectivity index (χ2v) is 5.97. The van der Waals surface area contributed by atoms with Crippen molar-refractivity contribution in [2.24, 2.45) is 0 Å². The summed E-state index contributed by atoms with van der Waals surface area (Å²) >= 11 is 0. The number of benzene rings is 1. The van der Waals surface area contributed by atoms with Crippen molar-refractivity contribution in [3.05, 3.63) is 59.4 Å². The summed E-state index contributed by atoms with van der Waals surface area (Å²) in [5.74, 6) is 0. The molecule has 0 saturated carbocycles. The monoisotopic (exact) mass is 266 g/mol. The van der Waals surface area contributed by atoms with Crippen LogP contribution in [0.1, 0.15) is 30.7 Å². The van der Waals surface area contributed by atoms with Gasteiger partial charge in [0.2, 0.25) is 6.41 Å². The molecule has 1 amide bonds. The van der Waals surface area contributed by atoms with Gasteiger partial charge in [0.05, 0.1) is 5.69 Å². The summed E-state index contributed by atoms with van der Waals surface area (Å²) < 4.78 is 0. The van der Waals surface area contributed by atoms with E-state index in [9.17, 15) is 4.79 Å². The van der Waals surface area contributed by atoms with Crippen molar-refractivity contribution in [2.45, 2.75) is 25.7 Å². The van der Waals surface area contributed by atoms with Gasteiger partial charge in [0.1, 0.15) is 0 Å². The summed E-state index contributed by atoms with van der Waals surface area (Å²) in [5, 5.41) is 0. The van der Waals surface area contributed by atoms with Crippen molar-refractivity contribution < 1.29 is 4.79 Å². The van der Waals surface area contributed by atoms with Crippen LogP contribution in [0.4, 0.5) is 5.69 Å². The van der Waals surface area contributed by atoms with Crippen LogP contribution in [0.15, 0.2) is 42.6 Å². The van der Waals surface area contributed by atoms with Crippen LogP contribution in [0.2, 0.25) is 0 Å². The number of amides is 1. The fourth-order valence-corrected chi connectivity index (χ4v) is 2.84. The molecule has 0 unspecified atom stereocenters. The van der Waals surface area contributed by atoms with Gasteiger partial charge in [-0.05, 0) is 11.6 Å². The molecule has 20 heavy (non-hydrogen) atoms. The second kappa shape index (κ2) is 4.75. The molecular weight excluding hydrogens is 248 g/mol. The van der Waals surface area contributed by atoms with Gasteiger partial charge in [0.15, 0.2) is 0 Å². The van der Waals surface area contributed by atoms with Crippen molar-refractivity contribution in [2.75, 3.05) is 11.4 Å². The summed E-state index contributed by atoms with van der Waals surface area (Å²) in [6, 6.07) is 12.3. The molecular formula is C17H18N2O. The molecule has 3 heteroatoms. The van der Waals surface area contributed by atoms with E-state index in [4.69, 9.17) is 0 Å². The largest absolute Gasteiger partial charge is 0.314 e. The molecule has 0 aliphatic carbocycles. The molecule has 2 aromatic rings. The molecule has 0 bridgehead atoms. The zero-order valence-corrected chi connectivity index (χ0v) is 11.8. The minimum Gasteiger partial charge on any atom is -0.314 e. The van der Waals surface area contributed by atoms with E-state index in [1.165, 1.54) is 5.56 Å².